The number of nitrogens with zero attached hydrogens (tertiary/aromatic N) is 3. The lowest BCUT2D eigenvalue weighted by Crippen LogP contribution is -2.05. The van der Waals surface area contributed by atoms with Crippen molar-refractivity contribution in [3.05, 3.63) is 57.5 Å². The first-order chi connectivity index (χ1) is 12.6. The van der Waals surface area contributed by atoms with E-state index in [1.165, 1.54) is 18.9 Å². The Kier molecular flexibility index (Phi) is 6.39. The van der Waals surface area contributed by atoms with Crippen LogP contribution in [0.5, 0.6) is 0 Å². The number of esters is 1. The zero-order valence-corrected chi connectivity index (χ0v) is 17.6. The second kappa shape index (κ2) is 8.75. The van der Waals surface area contributed by atoms with Gasteiger partial charge < -0.3 is 4.74 Å². The maximum atomic E-state index is 11.4. The molecule has 0 bridgehead atoms. The first-order valence-electron chi connectivity index (χ1n) is 7.53. The molecule has 0 aliphatic heterocycles. The van der Waals surface area contributed by atoms with Gasteiger partial charge in [-0.2, -0.15) is 0 Å². The number of hydrogen-bond acceptors (Lipinski definition) is 6. The molecule has 132 valence electrons. The minimum Gasteiger partial charge on any atom is -0.468 e. The fourth-order valence-corrected chi connectivity index (χ4v) is 3.31. The van der Waals surface area contributed by atoms with Crippen molar-refractivity contribution in [3.63, 3.8) is 0 Å². The quantitative estimate of drug-likeness (QED) is 0.367. The van der Waals surface area contributed by atoms with Gasteiger partial charge in [-0.3, -0.25) is 4.79 Å². The van der Waals surface area contributed by atoms with Crippen molar-refractivity contribution in [2.75, 3.05) is 12.9 Å². The van der Waals surface area contributed by atoms with Crippen LogP contribution in [0.2, 0.25) is 0 Å². The molecule has 0 amide bonds. The zero-order chi connectivity index (χ0) is 18.5. The zero-order valence-electron chi connectivity index (χ0n) is 13.6. The average Bonchev–Trinajstić information content (AvgIpc) is 2.67. The van der Waals surface area contributed by atoms with Gasteiger partial charge in [-0.25, -0.2) is 4.98 Å². The number of carbonyl (C=O) groups is 1. The Hall–Kier alpha value is -1.77. The summed E-state index contributed by atoms with van der Waals surface area (Å²) in [6, 6.07) is 15.6. The number of halogens is 2. The summed E-state index contributed by atoms with van der Waals surface area (Å²) in [7, 11) is 1.35. The SMILES string of the molecule is COC(=O)CSc1nnc(-c2ccc(Br)cc2)c(-c2ccc(Br)cc2)n1. The molecule has 0 radical (unpaired) electrons. The normalized spacial score (nSPS) is 10.6. The molecular formula is C18H13Br2N3O2S. The lowest BCUT2D eigenvalue weighted by atomic mass is 10.0. The maximum Gasteiger partial charge on any atom is 0.316 e. The summed E-state index contributed by atoms with van der Waals surface area (Å²) in [5.74, 6) is -0.198. The van der Waals surface area contributed by atoms with E-state index >= 15 is 0 Å². The number of ether oxygens (including phenoxy) is 1. The van der Waals surface area contributed by atoms with Gasteiger partial charge in [0.15, 0.2) is 0 Å². The first-order valence-corrected chi connectivity index (χ1v) is 10.1. The van der Waals surface area contributed by atoms with Gasteiger partial charge in [0.25, 0.3) is 0 Å². The van der Waals surface area contributed by atoms with Crippen molar-refractivity contribution in [3.8, 4) is 22.5 Å². The van der Waals surface area contributed by atoms with Crippen LogP contribution in [0.3, 0.4) is 0 Å². The molecule has 0 aliphatic carbocycles. The summed E-state index contributed by atoms with van der Waals surface area (Å²) in [5.41, 5.74) is 3.22. The Morgan fingerprint density at radius 1 is 0.923 bits per heavy atom. The van der Waals surface area contributed by atoms with Crippen LogP contribution in [-0.4, -0.2) is 34.0 Å². The molecule has 0 fully saturated rings. The predicted molar refractivity (Wildman–Crippen MR) is 109 cm³/mol. The second-order valence-electron chi connectivity index (χ2n) is 5.17. The molecule has 3 rings (SSSR count). The van der Waals surface area contributed by atoms with Gasteiger partial charge in [0, 0.05) is 20.1 Å². The second-order valence-corrected chi connectivity index (χ2v) is 7.94. The van der Waals surface area contributed by atoms with Crippen molar-refractivity contribution in [1.29, 1.82) is 0 Å². The van der Waals surface area contributed by atoms with Crippen LogP contribution in [-0.2, 0) is 9.53 Å². The van der Waals surface area contributed by atoms with E-state index in [1.54, 1.807) is 0 Å². The molecule has 0 atom stereocenters. The summed E-state index contributed by atoms with van der Waals surface area (Å²) < 4.78 is 6.62. The summed E-state index contributed by atoms with van der Waals surface area (Å²) in [5, 5.41) is 8.95. The van der Waals surface area contributed by atoms with Gasteiger partial charge >= 0.3 is 5.97 Å². The van der Waals surface area contributed by atoms with E-state index in [4.69, 9.17) is 0 Å². The summed E-state index contributed by atoms with van der Waals surface area (Å²) >= 11 is 8.08. The number of hydrogen-bond donors (Lipinski definition) is 0. The van der Waals surface area contributed by atoms with Crippen molar-refractivity contribution >= 4 is 49.6 Å². The highest BCUT2D eigenvalue weighted by Crippen LogP contribution is 2.31. The van der Waals surface area contributed by atoms with Gasteiger partial charge in [0.05, 0.1) is 12.9 Å². The number of carbonyl (C=O) groups excluding carboxylic acids is 1. The summed E-state index contributed by atoms with van der Waals surface area (Å²) in [6.07, 6.45) is 0. The van der Waals surface area contributed by atoms with Crippen molar-refractivity contribution in [2.24, 2.45) is 0 Å². The van der Waals surface area contributed by atoms with Crippen LogP contribution in [0.4, 0.5) is 0 Å². The van der Waals surface area contributed by atoms with E-state index in [1.807, 2.05) is 48.5 Å². The molecule has 2 aromatic carbocycles. The molecule has 1 heterocycles. The fraction of sp³-hybridized carbons (Fsp3) is 0.111. The van der Waals surface area contributed by atoms with E-state index < -0.39 is 0 Å². The molecular weight excluding hydrogens is 482 g/mol. The molecule has 0 N–H and O–H groups in total. The molecule has 5 nitrogen and oxygen atoms in total. The molecule has 0 saturated heterocycles. The third-order valence-corrected chi connectivity index (χ3v) is 5.32. The first kappa shape index (κ1) is 19.0. The Bertz CT molecular complexity index is 919. The van der Waals surface area contributed by atoms with Crippen LogP contribution >= 0.6 is 43.6 Å². The molecule has 0 spiro atoms. The third-order valence-electron chi connectivity index (χ3n) is 3.45. The molecule has 0 aliphatic rings. The Morgan fingerprint density at radius 3 is 2.00 bits per heavy atom. The number of thioether (sulfide) groups is 1. The fourth-order valence-electron chi connectivity index (χ4n) is 2.17. The van der Waals surface area contributed by atoms with Gasteiger partial charge in [-0.1, -0.05) is 67.9 Å². The highest BCUT2D eigenvalue weighted by atomic mass is 79.9. The van der Waals surface area contributed by atoms with Crippen molar-refractivity contribution in [2.45, 2.75) is 5.16 Å². The molecule has 0 saturated carbocycles. The molecule has 26 heavy (non-hydrogen) atoms. The minimum atomic E-state index is -0.333. The number of benzene rings is 2. The summed E-state index contributed by atoms with van der Waals surface area (Å²) in [4.78, 5) is 16.0. The number of rotatable bonds is 5. The van der Waals surface area contributed by atoms with E-state index in [9.17, 15) is 4.79 Å². The predicted octanol–water partition coefficient (Wildman–Crippen LogP) is 5.00. The van der Waals surface area contributed by atoms with E-state index in [-0.39, 0.29) is 11.7 Å². The highest BCUT2D eigenvalue weighted by Gasteiger charge is 2.15. The van der Waals surface area contributed by atoms with E-state index in [2.05, 4.69) is 51.8 Å². The minimum absolute atomic E-state index is 0.135. The van der Waals surface area contributed by atoms with Crippen LogP contribution in [0.15, 0.2) is 62.6 Å². The summed E-state index contributed by atoms with van der Waals surface area (Å²) in [6.45, 7) is 0. The van der Waals surface area contributed by atoms with Gasteiger partial charge in [0.2, 0.25) is 5.16 Å². The highest BCUT2D eigenvalue weighted by molar-refractivity contribution is 9.10. The van der Waals surface area contributed by atoms with Crippen LogP contribution < -0.4 is 0 Å². The lowest BCUT2D eigenvalue weighted by Gasteiger charge is -2.09. The average molecular weight is 495 g/mol. The van der Waals surface area contributed by atoms with Crippen molar-refractivity contribution in [1.82, 2.24) is 15.2 Å². The molecule has 3 aromatic rings. The van der Waals surface area contributed by atoms with Crippen LogP contribution in [0, 0.1) is 0 Å². The number of aromatic nitrogens is 3. The van der Waals surface area contributed by atoms with Gasteiger partial charge in [0.1, 0.15) is 11.4 Å². The standard InChI is InChI=1S/C18H13Br2N3O2S/c1-25-15(24)10-26-18-21-16(11-2-6-13(19)7-3-11)17(22-23-18)12-4-8-14(20)9-5-12/h2-9H,10H2,1H3. The Balaban J connectivity index is 2.04. The monoisotopic (exact) mass is 493 g/mol. The Labute approximate surface area is 171 Å². The van der Waals surface area contributed by atoms with Crippen LogP contribution in [0.1, 0.15) is 0 Å². The molecule has 1 aromatic heterocycles. The Morgan fingerprint density at radius 2 is 1.46 bits per heavy atom. The lowest BCUT2D eigenvalue weighted by molar-refractivity contribution is -0.137. The van der Waals surface area contributed by atoms with E-state index in [0.29, 0.717) is 16.5 Å². The van der Waals surface area contributed by atoms with Crippen molar-refractivity contribution < 1.29 is 9.53 Å². The molecule has 8 heteroatoms. The topological polar surface area (TPSA) is 65.0 Å². The molecule has 0 unspecified atom stereocenters. The van der Waals surface area contributed by atoms with Gasteiger partial charge in [-0.05, 0) is 24.3 Å². The maximum absolute atomic E-state index is 11.4. The van der Waals surface area contributed by atoms with Crippen LogP contribution in [0.25, 0.3) is 22.5 Å². The van der Waals surface area contributed by atoms with E-state index in [0.717, 1.165) is 20.1 Å². The van der Waals surface area contributed by atoms with Gasteiger partial charge in [-0.15, -0.1) is 10.2 Å². The number of methoxy groups -OCH3 is 1. The smallest absolute Gasteiger partial charge is 0.316 e. The largest absolute Gasteiger partial charge is 0.468 e. The third kappa shape index (κ3) is 4.69.